The van der Waals surface area contributed by atoms with Gasteiger partial charge in [0.15, 0.2) is 0 Å². The maximum absolute atomic E-state index is 12.1. The van der Waals surface area contributed by atoms with E-state index < -0.39 is 6.10 Å². The molecule has 1 unspecified atom stereocenters. The molecule has 0 aliphatic rings. The van der Waals surface area contributed by atoms with Gasteiger partial charge in [0.2, 0.25) is 0 Å². The van der Waals surface area contributed by atoms with Crippen molar-refractivity contribution in [3.63, 3.8) is 0 Å². The van der Waals surface area contributed by atoms with Gasteiger partial charge >= 0.3 is 0 Å². The average Bonchev–Trinajstić information content (AvgIpc) is 3.10. The number of pyridine rings is 1. The Balaban J connectivity index is 1.55. The number of carbonyl (C=O) groups excluding carboxylic acids is 1. The maximum Gasteiger partial charge on any atom is 0.251 e. The number of aromatic nitrogens is 2. The summed E-state index contributed by atoms with van der Waals surface area (Å²) < 4.78 is 12.6. The zero-order chi connectivity index (χ0) is 19.2. The Morgan fingerprint density at radius 1 is 1.30 bits per heavy atom. The number of aliphatic hydroxyl groups excluding tert-OH is 1. The molecule has 7 nitrogen and oxygen atoms in total. The molecule has 2 aromatic heterocycles. The average molecular weight is 369 g/mol. The summed E-state index contributed by atoms with van der Waals surface area (Å²) in [6.07, 6.45) is 3.17. The second-order valence-electron chi connectivity index (χ2n) is 6.29. The number of imidazole rings is 1. The van der Waals surface area contributed by atoms with E-state index in [0.29, 0.717) is 17.9 Å². The highest BCUT2D eigenvalue weighted by atomic mass is 16.5. The fraction of sp³-hybridized carbons (Fsp3) is 0.300. The standard InChI is InChI=1S/C20H23N3O4/c1-14-4-3-9-23-11-16(22-19(14)23)12-27-18-7-5-15(6-8-18)20(25)21-10-17(24)13-26-2/h3-9,11,17,24H,10,12-13H2,1-2H3,(H,21,25). The summed E-state index contributed by atoms with van der Waals surface area (Å²) in [6.45, 7) is 2.68. The van der Waals surface area contributed by atoms with Crippen LogP contribution in [0.25, 0.3) is 5.65 Å². The molecule has 142 valence electrons. The highest BCUT2D eigenvalue weighted by Gasteiger charge is 2.09. The van der Waals surface area contributed by atoms with Crippen LogP contribution in [0, 0.1) is 6.92 Å². The Morgan fingerprint density at radius 3 is 2.78 bits per heavy atom. The van der Waals surface area contributed by atoms with Crippen LogP contribution < -0.4 is 10.1 Å². The lowest BCUT2D eigenvalue weighted by atomic mass is 10.2. The van der Waals surface area contributed by atoms with Crippen LogP contribution in [0.5, 0.6) is 5.75 Å². The number of benzene rings is 1. The largest absolute Gasteiger partial charge is 0.487 e. The first-order valence-electron chi connectivity index (χ1n) is 8.68. The van der Waals surface area contributed by atoms with E-state index in [-0.39, 0.29) is 19.1 Å². The predicted octanol–water partition coefficient (Wildman–Crippen LogP) is 1.96. The molecule has 27 heavy (non-hydrogen) atoms. The molecule has 2 heterocycles. The number of ether oxygens (including phenoxy) is 2. The van der Waals surface area contributed by atoms with Crippen LogP contribution in [0.3, 0.4) is 0 Å². The van der Waals surface area contributed by atoms with E-state index in [1.54, 1.807) is 24.3 Å². The van der Waals surface area contributed by atoms with Gasteiger partial charge in [-0.2, -0.15) is 0 Å². The molecule has 0 spiro atoms. The third kappa shape index (κ3) is 4.84. The van der Waals surface area contributed by atoms with E-state index >= 15 is 0 Å². The Kier molecular flexibility index (Phi) is 6.05. The van der Waals surface area contributed by atoms with E-state index in [0.717, 1.165) is 16.9 Å². The minimum absolute atomic E-state index is 0.137. The van der Waals surface area contributed by atoms with Gasteiger partial charge in [0.05, 0.1) is 18.4 Å². The maximum atomic E-state index is 12.1. The Hall–Kier alpha value is -2.90. The Labute approximate surface area is 157 Å². The third-order valence-corrected chi connectivity index (χ3v) is 4.09. The second kappa shape index (κ2) is 8.66. The molecule has 3 rings (SSSR count). The summed E-state index contributed by atoms with van der Waals surface area (Å²) in [4.78, 5) is 16.6. The molecule has 0 radical (unpaired) electrons. The van der Waals surface area contributed by atoms with E-state index in [4.69, 9.17) is 9.47 Å². The first-order chi connectivity index (χ1) is 13.1. The monoisotopic (exact) mass is 369 g/mol. The lowest BCUT2D eigenvalue weighted by Gasteiger charge is -2.11. The molecule has 0 fully saturated rings. The SMILES string of the molecule is COCC(O)CNC(=O)c1ccc(OCc2cn3cccc(C)c3n2)cc1. The molecule has 0 aliphatic heterocycles. The van der Waals surface area contributed by atoms with Gasteiger partial charge in [-0.25, -0.2) is 4.98 Å². The molecular formula is C20H23N3O4. The van der Waals surface area contributed by atoms with Crippen molar-refractivity contribution in [2.45, 2.75) is 19.6 Å². The summed E-state index contributed by atoms with van der Waals surface area (Å²) >= 11 is 0. The topological polar surface area (TPSA) is 85.1 Å². The van der Waals surface area contributed by atoms with Crippen LogP contribution in [0.2, 0.25) is 0 Å². The number of nitrogens with one attached hydrogen (secondary N) is 1. The molecule has 1 amide bonds. The number of hydrogen-bond acceptors (Lipinski definition) is 5. The van der Waals surface area contributed by atoms with Crippen molar-refractivity contribution in [2.24, 2.45) is 0 Å². The smallest absolute Gasteiger partial charge is 0.251 e. The number of amides is 1. The van der Waals surface area contributed by atoms with Gasteiger partial charge in [-0.3, -0.25) is 4.79 Å². The third-order valence-electron chi connectivity index (χ3n) is 4.09. The van der Waals surface area contributed by atoms with Gasteiger partial charge < -0.3 is 24.3 Å². The van der Waals surface area contributed by atoms with Gasteiger partial charge in [-0.05, 0) is 42.8 Å². The summed E-state index contributed by atoms with van der Waals surface area (Å²) in [5, 5.41) is 12.2. The highest BCUT2D eigenvalue weighted by molar-refractivity contribution is 5.94. The molecule has 0 saturated carbocycles. The normalized spacial score (nSPS) is 12.1. The predicted molar refractivity (Wildman–Crippen MR) is 101 cm³/mol. The van der Waals surface area contributed by atoms with Crippen molar-refractivity contribution in [2.75, 3.05) is 20.3 Å². The van der Waals surface area contributed by atoms with E-state index in [2.05, 4.69) is 10.3 Å². The zero-order valence-corrected chi connectivity index (χ0v) is 15.4. The van der Waals surface area contributed by atoms with Crippen LogP contribution in [-0.2, 0) is 11.3 Å². The van der Waals surface area contributed by atoms with Crippen molar-refractivity contribution in [3.05, 3.63) is 65.6 Å². The van der Waals surface area contributed by atoms with Crippen LogP contribution in [0.1, 0.15) is 21.6 Å². The number of fused-ring (bicyclic) bond motifs is 1. The Morgan fingerprint density at radius 2 is 2.07 bits per heavy atom. The number of nitrogens with zero attached hydrogens (tertiary/aromatic N) is 2. The molecule has 0 saturated heterocycles. The number of hydrogen-bond donors (Lipinski definition) is 2. The second-order valence-corrected chi connectivity index (χ2v) is 6.29. The van der Waals surface area contributed by atoms with Gasteiger partial charge in [0.25, 0.3) is 5.91 Å². The van der Waals surface area contributed by atoms with Crippen molar-refractivity contribution in [1.82, 2.24) is 14.7 Å². The van der Waals surface area contributed by atoms with Crippen molar-refractivity contribution >= 4 is 11.6 Å². The summed E-state index contributed by atoms with van der Waals surface area (Å²) in [6, 6.07) is 10.8. The van der Waals surface area contributed by atoms with Crippen LogP contribution >= 0.6 is 0 Å². The fourth-order valence-electron chi connectivity index (χ4n) is 2.70. The molecule has 2 N–H and O–H groups in total. The van der Waals surface area contributed by atoms with E-state index in [1.165, 1.54) is 7.11 Å². The fourth-order valence-corrected chi connectivity index (χ4v) is 2.70. The molecule has 0 bridgehead atoms. The summed E-state index contributed by atoms with van der Waals surface area (Å²) in [7, 11) is 1.50. The quantitative estimate of drug-likeness (QED) is 0.634. The van der Waals surface area contributed by atoms with E-state index in [9.17, 15) is 9.90 Å². The Bertz CT molecular complexity index is 905. The van der Waals surface area contributed by atoms with Gasteiger partial charge in [0, 0.05) is 31.6 Å². The van der Waals surface area contributed by atoms with Crippen LogP contribution in [-0.4, -0.2) is 46.8 Å². The van der Waals surface area contributed by atoms with Gasteiger partial charge in [-0.15, -0.1) is 0 Å². The van der Waals surface area contributed by atoms with Gasteiger partial charge in [-0.1, -0.05) is 6.07 Å². The van der Waals surface area contributed by atoms with Gasteiger partial charge in [0.1, 0.15) is 18.0 Å². The number of rotatable bonds is 8. The number of methoxy groups -OCH3 is 1. The van der Waals surface area contributed by atoms with Crippen molar-refractivity contribution < 1.29 is 19.4 Å². The lowest BCUT2D eigenvalue weighted by molar-refractivity contribution is 0.0610. The molecule has 3 aromatic rings. The summed E-state index contributed by atoms with van der Waals surface area (Å²) in [5.74, 6) is 0.396. The molecule has 0 aliphatic carbocycles. The minimum atomic E-state index is -0.726. The molecule has 1 atom stereocenters. The van der Waals surface area contributed by atoms with Crippen LogP contribution in [0.4, 0.5) is 0 Å². The minimum Gasteiger partial charge on any atom is -0.487 e. The molecule has 1 aromatic carbocycles. The first-order valence-corrected chi connectivity index (χ1v) is 8.68. The number of aryl methyl sites for hydroxylation is 1. The number of carbonyl (C=O) groups is 1. The highest BCUT2D eigenvalue weighted by Crippen LogP contribution is 2.15. The van der Waals surface area contributed by atoms with E-state index in [1.807, 2.05) is 35.9 Å². The first kappa shape index (κ1) is 18.9. The van der Waals surface area contributed by atoms with Crippen molar-refractivity contribution in [1.29, 1.82) is 0 Å². The molecular weight excluding hydrogens is 346 g/mol. The molecule has 7 heteroatoms. The lowest BCUT2D eigenvalue weighted by Crippen LogP contribution is -2.34. The zero-order valence-electron chi connectivity index (χ0n) is 15.4. The van der Waals surface area contributed by atoms with Crippen molar-refractivity contribution in [3.8, 4) is 5.75 Å². The van der Waals surface area contributed by atoms with Crippen LogP contribution in [0.15, 0.2) is 48.8 Å². The summed E-state index contributed by atoms with van der Waals surface area (Å²) in [5.41, 5.74) is 3.35. The number of aliphatic hydroxyl groups is 1.